The van der Waals surface area contributed by atoms with Crippen molar-refractivity contribution in [2.75, 3.05) is 6.61 Å². The topological polar surface area (TPSA) is 35.3 Å². The van der Waals surface area contributed by atoms with Crippen molar-refractivity contribution in [1.82, 2.24) is 4.37 Å². The smallest absolute Gasteiger partial charge is 0.135 e. The quantitative estimate of drug-likeness (QED) is 0.353. The molecule has 0 N–H and O–H groups in total. The Morgan fingerprint density at radius 1 is 0.880 bits per heavy atom. The summed E-state index contributed by atoms with van der Waals surface area (Å²) >= 11 is 1.61. The molecule has 4 rings (SSSR count). The predicted molar refractivity (Wildman–Crippen MR) is 104 cm³/mol. The average molecular weight is 351 g/mol. The standard InChI is InChI=1S/C21H21NO2S/c1(3-7-17-12-13-22-25-17)2-6-14-23-16-10-11-21-19(15-16)18-8-4-5-9-20(18)24-21/h4-5,8-13,15H,1-3,6-7,14H2. The minimum absolute atomic E-state index is 0.766. The van der Waals surface area contributed by atoms with Gasteiger partial charge in [-0.25, -0.2) is 4.37 Å². The number of para-hydroxylation sites is 1. The lowest BCUT2D eigenvalue weighted by Gasteiger charge is -2.06. The van der Waals surface area contributed by atoms with Gasteiger partial charge in [-0.1, -0.05) is 31.0 Å². The molecule has 0 spiro atoms. The number of unbranched alkanes of at least 4 members (excludes halogenated alkanes) is 3. The molecule has 0 aliphatic rings. The molecule has 0 aliphatic carbocycles. The molecular weight excluding hydrogens is 330 g/mol. The molecule has 0 saturated carbocycles. The summed E-state index contributed by atoms with van der Waals surface area (Å²) in [6, 6.07) is 16.3. The summed E-state index contributed by atoms with van der Waals surface area (Å²) in [5, 5.41) is 2.27. The molecule has 2 aromatic carbocycles. The zero-order chi connectivity index (χ0) is 16.9. The second-order valence-corrected chi connectivity index (χ2v) is 7.17. The lowest BCUT2D eigenvalue weighted by Crippen LogP contribution is -1.97. The van der Waals surface area contributed by atoms with Crippen molar-refractivity contribution in [3.8, 4) is 5.75 Å². The zero-order valence-electron chi connectivity index (χ0n) is 14.1. The van der Waals surface area contributed by atoms with Crippen LogP contribution in [0.15, 0.2) is 59.1 Å². The summed E-state index contributed by atoms with van der Waals surface area (Å²) in [4.78, 5) is 1.39. The molecule has 0 unspecified atom stereocenters. The van der Waals surface area contributed by atoms with Gasteiger partial charge in [-0.15, -0.1) is 0 Å². The van der Waals surface area contributed by atoms with E-state index in [1.807, 2.05) is 36.5 Å². The SMILES string of the molecule is c1ccc2c(c1)oc1ccc(OCCCCCCc3ccns3)cc12. The van der Waals surface area contributed by atoms with Gasteiger partial charge in [0.25, 0.3) is 0 Å². The van der Waals surface area contributed by atoms with Crippen LogP contribution in [-0.2, 0) is 6.42 Å². The Morgan fingerprint density at radius 2 is 1.76 bits per heavy atom. The lowest BCUT2D eigenvalue weighted by atomic mass is 10.1. The predicted octanol–water partition coefficient (Wildman–Crippen LogP) is 6.22. The van der Waals surface area contributed by atoms with Gasteiger partial charge in [0.1, 0.15) is 16.9 Å². The Labute approximate surface area is 151 Å². The fraction of sp³-hybridized carbons (Fsp3) is 0.286. The van der Waals surface area contributed by atoms with Crippen LogP contribution in [0.5, 0.6) is 5.75 Å². The van der Waals surface area contributed by atoms with Crippen LogP contribution < -0.4 is 4.74 Å². The number of ether oxygens (including phenoxy) is 1. The second-order valence-electron chi connectivity index (χ2n) is 6.25. The molecule has 0 bridgehead atoms. The third-order valence-electron chi connectivity index (χ3n) is 4.43. The van der Waals surface area contributed by atoms with Crippen LogP contribution in [0.25, 0.3) is 21.9 Å². The van der Waals surface area contributed by atoms with E-state index in [1.54, 1.807) is 11.5 Å². The number of hydrogen-bond donors (Lipinski definition) is 0. The van der Waals surface area contributed by atoms with Gasteiger partial charge in [0.15, 0.2) is 0 Å². The number of hydrogen-bond acceptors (Lipinski definition) is 4. The van der Waals surface area contributed by atoms with Crippen molar-refractivity contribution >= 4 is 33.5 Å². The summed E-state index contributed by atoms with van der Waals surface area (Å²) in [6.45, 7) is 0.766. The number of benzene rings is 2. The van der Waals surface area contributed by atoms with Gasteiger partial charge in [-0.3, -0.25) is 0 Å². The second kappa shape index (κ2) is 7.70. The molecule has 2 aromatic heterocycles. The highest BCUT2D eigenvalue weighted by molar-refractivity contribution is 7.05. The van der Waals surface area contributed by atoms with Gasteiger partial charge >= 0.3 is 0 Å². The number of fused-ring (bicyclic) bond motifs is 3. The molecule has 25 heavy (non-hydrogen) atoms. The van der Waals surface area contributed by atoms with E-state index in [-0.39, 0.29) is 0 Å². The van der Waals surface area contributed by atoms with Gasteiger partial charge in [0.2, 0.25) is 0 Å². The number of aromatic nitrogens is 1. The maximum absolute atomic E-state index is 5.94. The first-order chi connectivity index (χ1) is 12.4. The van der Waals surface area contributed by atoms with Crippen LogP contribution in [0.3, 0.4) is 0 Å². The normalized spacial score (nSPS) is 11.4. The van der Waals surface area contributed by atoms with Gasteiger partial charge in [0.05, 0.1) is 6.61 Å². The molecule has 2 heterocycles. The highest BCUT2D eigenvalue weighted by Crippen LogP contribution is 2.31. The largest absolute Gasteiger partial charge is 0.494 e. The lowest BCUT2D eigenvalue weighted by molar-refractivity contribution is 0.305. The fourth-order valence-electron chi connectivity index (χ4n) is 3.11. The first kappa shape index (κ1) is 16.2. The van der Waals surface area contributed by atoms with E-state index in [2.05, 4.69) is 22.6 Å². The van der Waals surface area contributed by atoms with Gasteiger partial charge in [0, 0.05) is 21.8 Å². The Kier molecular flexibility index (Phi) is 4.98. The minimum Gasteiger partial charge on any atom is -0.494 e. The van der Waals surface area contributed by atoms with E-state index in [9.17, 15) is 0 Å². The van der Waals surface area contributed by atoms with E-state index in [0.29, 0.717) is 0 Å². The van der Waals surface area contributed by atoms with Crippen molar-refractivity contribution in [2.24, 2.45) is 0 Å². The molecule has 0 radical (unpaired) electrons. The average Bonchev–Trinajstić information content (AvgIpc) is 3.28. The number of furan rings is 1. The summed E-state index contributed by atoms with van der Waals surface area (Å²) in [6.07, 6.45) is 7.80. The van der Waals surface area contributed by atoms with E-state index < -0.39 is 0 Å². The van der Waals surface area contributed by atoms with Crippen LogP contribution in [0.2, 0.25) is 0 Å². The third-order valence-corrected chi connectivity index (χ3v) is 5.23. The molecule has 4 aromatic rings. The summed E-state index contributed by atoms with van der Waals surface area (Å²) in [5.74, 6) is 0.920. The van der Waals surface area contributed by atoms with Gasteiger partial charge in [-0.05, 0) is 61.1 Å². The van der Waals surface area contributed by atoms with Crippen LogP contribution in [-0.4, -0.2) is 11.0 Å². The molecule has 0 saturated heterocycles. The minimum atomic E-state index is 0.766. The van der Waals surface area contributed by atoms with Crippen molar-refractivity contribution in [1.29, 1.82) is 0 Å². The van der Waals surface area contributed by atoms with Crippen molar-refractivity contribution in [2.45, 2.75) is 32.1 Å². The Hall–Kier alpha value is -2.33. The molecule has 0 aliphatic heterocycles. The number of nitrogens with zero attached hydrogens (tertiary/aromatic N) is 1. The summed E-state index contributed by atoms with van der Waals surface area (Å²) in [5.41, 5.74) is 1.84. The molecule has 128 valence electrons. The monoisotopic (exact) mass is 351 g/mol. The van der Waals surface area contributed by atoms with Crippen LogP contribution >= 0.6 is 11.5 Å². The molecule has 0 fully saturated rings. The molecule has 3 nitrogen and oxygen atoms in total. The first-order valence-electron chi connectivity index (χ1n) is 8.84. The van der Waals surface area contributed by atoms with Gasteiger partial charge < -0.3 is 9.15 Å². The summed E-state index contributed by atoms with van der Waals surface area (Å²) < 4.78 is 15.9. The van der Waals surface area contributed by atoms with Crippen molar-refractivity contribution < 1.29 is 9.15 Å². The Balaban J connectivity index is 1.26. The van der Waals surface area contributed by atoms with E-state index in [0.717, 1.165) is 47.1 Å². The molecule has 0 atom stereocenters. The van der Waals surface area contributed by atoms with Crippen LogP contribution in [0, 0.1) is 0 Å². The van der Waals surface area contributed by atoms with Crippen LogP contribution in [0.1, 0.15) is 30.6 Å². The fourth-order valence-corrected chi connectivity index (χ4v) is 3.73. The van der Waals surface area contributed by atoms with Crippen LogP contribution in [0.4, 0.5) is 0 Å². The highest BCUT2D eigenvalue weighted by atomic mass is 32.1. The maximum Gasteiger partial charge on any atom is 0.135 e. The first-order valence-corrected chi connectivity index (χ1v) is 9.61. The Bertz CT molecular complexity index is 943. The molecular formula is C21H21NO2S. The van der Waals surface area contributed by atoms with Crippen molar-refractivity contribution in [3.63, 3.8) is 0 Å². The van der Waals surface area contributed by atoms with E-state index >= 15 is 0 Å². The molecule has 4 heteroatoms. The molecule has 0 amide bonds. The maximum atomic E-state index is 5.94. The van der Waals surface area contributed by atoms with E-state index in [4.69, 9.17) is 9.15 Å². The summed E-state index contributed by atoms with van der Waals surface area (Å²) in [7, 11) is 0. The Morgan fingerprint density at radius 3 is 2.68 bits per heavy atom. The third kappa shape index (κ3) is 3.85. The van der Waals surface area contributed by atoms with Crippen molar-refractivity contribution in [3.05, 3.63) is 59.6 Å². The number of rotatable bonds is 8. The highest BCUT2D eigenvalue weighted by Gasteiger charge is 2.07. The zero-order valence-corrected chi connectivity index (χ0v) is 14.9. The number of aryl methyl sites for hydroxylation is 1. The van der Waals surface area contributed by atoms with E-state index in [1.165, 1.54) is 24.1 Å². The van der Waals surface area contributed by atoms with Gasteiger partial charge in [-0.2, -0.15) is 0 Å².